The Hall–Kier alpha value is -5.53. The first-order valence-corrected chi connectivity index (χ1v) is 17.9. The van der Waals surface area contributed by atoms with Crippen LogP contribution in [-0.2, 0) is 27.4 Å². The summed E-state index contributed by atoms with van der Waals surface area (Å²) >= 11 is 0. The van der Waals surface area contributed by atoms with Crippen LogP contribution in [0.4, 0.5) is 0 Å². The third kappa shape index (κ3) is 9.78. The van der Waals surface area contributed by atoms with Gasteiger partial charge in [-0.3, -0.25) is 38.1 Å². The van der Waals surface area contributed by atoms with Crippen LogP contribution < -0.4 is 28.1 Å². The number of H-pyrrole nitrogens is 3. The summed E-state index contributed by atoms with van der Waals surface area (Å²) in [4.78, 5) is 73.7. The number of hydrogen-bond acceptors (Lipinski definition) is 12. The molecule has 4 aromatic heterocycles. The molecule has 2 aliphatic heterocycles. The summed E-state index contributed by atoms with van der Waals surface area (Å²) in [5.74, 6) is 0.0240. The molecule has 1 saturated heterocycles. The van der Waals surface area contributed by atoms with Crippen molar-refractivity contribution in [1.82, 2.24) is 38.6 Å². The number of nitrogens with zero attached hydrogens (tertiary/aromatic N) is 5. The Labute approximate surface area is 313 Å². The van der Waals surface area contributed by atoms with Gasteiger partial charge >= 0.3 is 11.4 Å². The van der Waals surface area contributed by atoms with E-state index >= 15 is 0 Å². The average Bonchev–Trinajstić information content (AvgIpc) is 3.94. The van der Waals surface area contributed by atoms with E-state index in [-0.39, 0.29) is 49.3 Å². The molecule has 1 aromatic carbocycles. The van der Waals surface area contributed by atoms with E-state index in [0.29, 0.717) is 35.3 Å². The second-order valence-electron chi connectivity index (χ2n) is 13.1. The molecule has 0 unspecified atom stereocenters. The van der Waals surface area contributed by atoms with E-state index in [0.717, 1.165) is 24.1 Å². The number of aliphatic hydroxyl groups excluding tert-OH is 2. The van der Waals surface area contributed by atoms with Crippen LogP contribution in [0.1, 0.15) is 74.4 Å². The van der Waals surface area contributed by atoms with E-state index in [9.17, 15) is 24.0 Å². The van der Waals surface area contributed by atoms with Crippen LogP contribution in [0, 0.1) is 6.92 Å². The lowest BCUT2D eigenvalue weighted by Gasteiger charge is -2.18. The van der Waals surface area contributed by atoms with Crippen LogP contribution in [0.3, 0.4) is 0 Å². The minimum Gasteiger partial charge on any atom is -0.394 e. The Kier molecular flexibility index (Phi) is 13.8. The number of nitrogens with one attached hydrogen (secondary N) is 3. The number of aromatic nitrogens is 8. The molecule has 2 aliphatic rings. The molecule has 7 rings (SSSR count). The van der Waals surface area contributed by atoms with Crippen LogP contribution in [0.5, 0.6) is 0 Å². The Morgan fingerprint density at radius 2 is 1.65 bits per heavy atom. The summed E-state index contributed by atoms with van der Waals surface area (Å²) in [7, 11) is 0. The van der Waals surface area contributed by atoms with Crippen LogP contribution in [-0.4, -0.2) is 80.9 Å². The predicted molar refractivity (Wildman–Crippen MR) is 201 cm³/mol. The molecule has 0 aliphatic carbocycles. The molecule has 5 aromatic rings. The molecular formula is C37H46N8O10. The number of imidazole rings is 1. The summed E-state index contributed by atoms with van der Waals surface area (Å²) in [6.07, 6.45) is 8.48. The van der Waals surface area contributed by atoms with Crippen molar-refractivity contribution < 1.29 is 24.4 Å². The molecule has 0 saturated carbocycles. The molecule has 0 spiro atoms. The van der Waals surface area contributed by atoms with Crippen LogP contribution in [0.25, 0.3) is 11.2 Å². The van der Waals surface area contributed by atoms with Crippen molar-refractivity contribution in [2.24, 2.45) is 0 Å². The SMILES string of the molecule is CCOCn1c(Cc2ccccc2)c(C(C)C)c(=O)[nH]c1=O.Cc1cn([C@H]2C=C[C@@H](CO)O2)c(=O)[nH]c1=O.O=c1[nH]cnc2c1ncn2[C@H]1CC[C@@H](CO)O1. The van der Waals surface area contributed by atoms with Crippen molar-refractivity contribution in [3.8, 4) is 0 Å². The van der Waals surface area contributed by atoms with Gasteiger partial charge in [0.2, 0.25) is 0 Å². The predicted octanol–water partition coefficient (Wildman–Crippen LogP) is 1.33. The topological polar surface area (TPSA) is 241 Å². The fourth-order valence-electron chi connectivity index (χ4n) is 6.15. The fourth-order valence-corrected chi connectivity index (χ4v) is 6.15. The normalized spacial score (nSPS) is 19.0. The lowest BCUT2D eigenvalue weighted by atomic mass is 9.98. The summed E-state index contributed by atoms with van der Waals surface area (Å²) < 4.78 is 20.9. The van der Waals surface area contributed by atoms with Gasteiger partial charge in [0.15, 0.2) is 17.4 Å². The molecule has 1 fully saturated rings. The molecular weight excluding hydrogens is 716 g/mol. The van der Waals surface area contributed by atoms with Crippen molar-refractivity contribution in [1.29, 1.82) is 0 Å². The number of rotatable bonds is 10. The number of benzene rings is 1. The van der Waals surface area contributed by atoms with Crippen molar-refractivity contribution in [3.63, 3.8) is 0 Å². The minimum absolute atomic E-state index is 0.0111. The van der Waals surface area contributed by atoms with Crippen LogP contribution in [0.2, 0.25) is 0 Å². The lowest BCUT2D eigenvalue weighted by Crippen LogP contribution is -2.36. The molecule has 294 valence electrons. The minimum atomic E-state index is -0.569. The first kappa shape index (κ1) is 40.7. The quantitative estimate of drug-likeness (QED) is 0.127. The fraction of sp³-hybridized carbons (Fsp3) is 0.432. The van der Waals surface area contributed by atoms with Gasteiger partial charge in [-0.15, -0.1) is 0 Å². The van der Waals surface area contributed by atoms with E-state index in [4.69, 9.17) is 24.4 Å². The molecule has 5 N–H and O–H groups in total. The first-order valence-electron chi connectivity index (χ1n) is 17.9. The zero-order chi connectivity index (χ0) is 39.6. The molecule has 18 heteroatoms. The van der Waals surface area contributed by atoms with E-state index in [2.05, 4.69) is 24.9 Å². The lowest BCUT2D eigenvalue weighted by molar-refractivity contribution is -0.0207. The Bertz CT molecular complexity index is 2370. The van der Waals surface area contributed by atoms with Gasteiger partial charge in [0.05, 0.1) is 32.0 Å². The van der Waals surface area contributed by atoms with Gasteiger partial charge in [-0.2, -0.15) is 0 Å². The number of aryl methyl sites for hydroxylation is 1. The molecule has 55 heavy (non-hydrogen) atoms. The van der Waals surface area contributed by atoms with Gasteiger partial charge in [-0.05, 0) is 44.2 Å². The van der Waals surface area contributed by atoms with Crippen LogP contribution in [0.15, 0.2) is 85.3 Å². The highest BCUT2D eigenvalue weighted by molar-refractivity contribution is 5.68. The Morgan fingerprint density at radius 3 is 2.31 bits per heavy atom. The third-order valence-electron chi connectivity index (χ3n) is 8.93. The number of ether oxygens (including phenoxy) is 3. The highest BCUT2D eigenvalue weighted by atomic mass is 16.5. The number of aliphatic hydroxyl groups is 2. The van der Waals surface area contributed by atoms with E-state index in [1.807, 2.05) is 51.1 Å². The van der Waals surface area contributed by atoms with Crippen molar-refractivity contribution in [2.45, 2.75) is 84.3 Å². The van der Waals surface area contributed by atoms with Crippen LogP contribution >= 0.6 is 0 Å². The number of hydrogen-bond donors (Lipinski definition) is 5. The molecule has 18 nitrogen and oxygen atoms in total. The largest absolute Gasteiger partial charge is 0.394 e. The van der Waals surface area contributed by atoms with Gasteiger partial charge in [0.1, 0.15) is 19.1 Å². The average molecular weight is 763 g/mol. The first-order chi connectivity index (χ1) is 26.4. The van der Waals surface area contributed by atoms with E-state index in [1.54, 1.807) is 30.0 Å². The number of fused-ring (bicyclic) bond motifs is 1. The zero-order valence-electron chi connectivity index (χ0n) is 31.0. The standard InChI is InChI=1S/C17H22N2O3.C10H12N4O3.C10H12N2O4/c1-4-22-11-19-14(10-13-8-6-5-7-9-13)15(12(2)3)16(20)18-17(19)21;15-3-6-1-2-7(17-6)14-5-13-8-9(14)11-4-12-10(8)16;1-6-4-12(10(15)11-9(6)14)8-3-2-7(5-13)16-8/h5-9,12H,4,10-11H2,1-3H3,(H,18,20,21);4-7,15H,1-3H2,(H,11,12,16);2-4,7-8,13H,5H2,1H3,(H,11,14,15)/t;6-,7+;7-,8+/m.00/s1. The molecule has 0 bridgehead atoms. The number of aromatic amines is 3. The maximum absolute atomic E-state index is 12.2. The van der Waals surface area contributed by atoms with Crippen molar-refractivity contribution in [2.75, 3.05) is 19.8 Å². The van der Waals surface area contributed by atoms with Gasteiger partial charge in [-0.25, -0.2) is 19.6 Å². The van der Waals surface area contributed by atoms with Crippen molar-refractivity contribution in [3.05, 3.63) is 136 Å². The molecule has 0 radical (unpaired) electrons. The van der Waals surface area contributed by atoms with Gasteiger partial charge in [0.25, 0.3) is 16.7 Å². The molecule has 6 heterocycles. The second kappa shape index (κ2) is 18.7. The second-order valence-corrected chi connectivity index (χ2v) is 13.1. The monoisotopic (exact) mass is 762 g/mol. The molecule has 4 atom stereocenters. The van der Waals surface area contributed by atoms with Gasteiger partial charge in [0, 0.05) is 36.0 Å². The highest BCUT2D eigenvalue weighted by Crippen LogP contribution is 2.29. The van der Waals surface area contributed by atoms with E-state index < -0.39 is 29.3 Å². The third-order valence-corrected chi connectivity index (χ3v) is 8.93. The summed E-state index contributed by atoms with van der Waals surface area (Å²) in [6, 6.07) is 9.81. The van der Waals surface area contributed by atoms with Crippen molar-refractivity contribution >= 4 is 11.2 Å². The Morgan fingerprint density at radius 1 is 0.909 bits per heavy atom. The summed E-state index contributed by atoms with van der Waals surface area (Å²) in [5.41, 5.74) is 1.76. The van der Waals surface area contributed by atoms with Gasteiger partial charge in [-0.1, -0.05) is 50.3 Å². The maximum Gasteiger partial charge on any atom is 0.330 e. The Balaban J connectivity index is 0.000000161. The maximum atomic E-state index is 12.2. The molecule has 0 amide bonds. The van der Waals surface area contributed by atoms with E-state index in [1.165, 1.54) is 21.7 Å². The zero-order valence-corrected chi connectivity index (χ0v) is 31.0. The smallest absolute Gasteiger partial charge is 0.330 e. The summed E-state index contributed by atoms with van der Waals surface area (Å²) in [6.45, 7) is 7.92. The van der Waals surface area contributed by atoms with Gasteiger partial charge < -0.3 is 29.4 Å². The summed E-state index contributed by atoms with van der Waals surface area (Å²) in [5, 5.41) is 17.9. The highest BCUT2D eigenvalue weighted by Gasteiger charge is 2.27.